The van der Waals surface area contributed by atoms with Gasteiger partial charge in [0.1, 0.15) is 6.61 Å². The second kappa shape index (κ2) is 7.19. The van der Waals surface area contributed by atoms with E-state index in [0.717, 1.165) is 22.3 Å². The molecule has 3 aromatic carbocycles. The van der Waals surface area contributed by atoms with E-state index in [1.807, 2.05) is 24.3 Å². The Labute approximate surface area is 162 Å². The fourth-order valence-electron chi connectivity index (χ4n) is 3.68. The predicted octanol–water partition coefficient (Wildman–Crippen LogP) is 5.05. The van der Waals surface area contributed by atoms with Gasteiger partial charge in [0, 0.05) is 11.6 Å². The van der Waals surface area contributed by atoms with Crippen molar-refractivity contribution < 1.29 is 19.4 Å². The number of anilines is 1. The number of carboxylic acid groups (broad SMARTS) is 1. The van der Waals surface area contributed by atoms with Crippen molar-refractivity contribution in [1.29, 1.82) is 0 Å². The first-order chi connectivity index (χ1) is 13.5. The van der Waals surface area contributed by atoms with Gasteiger partial charge < -0.3 is 9.84 Å². The average Bonchev–Trinajstić information content (AvgIpc) is 3.01. The number of nitrogens with one attached hydrogen (secondary N) is 1. The van der Waals surface area contributed by atoms with Crippen molar-refractivity contribution in [2.75, 3.05) is 11.9 Å². The van der Waals surface area contributed by atoms with Crippen molar-refractivity contribution in [3.8, 4) is 11.1 Å². The van der Waals surface area contributed by atoms with E-state index in [4.69, 9.17) is 4.74 Å². The fraction of sp³-hybridized carbons (Fsp3) is 0.130. The van der Waals surface area contributed by atoms with Gasteiger partial charge >= 0.3 is 12.1 Å². The molecule has 1 aliphatic carbocycles. The highest BCUT2D eigenvalue weighted by molar-refractivity contribution is 5.92. The summed E-state index contributed by atoms with van der Waals surface area (Å²) < 4.78 is 5.48. The molecule has 0 spiro atoms. The predicted molar refractivity (Wildman–Crippen MR) is 107 cm³/mol. The second-order valence-corrected chi connectivity index (χ2v) is 6.79. The molecule has 0 bridgehead atoms. The van der Waals surface area contributed by atoms with Gasteiger partial charge in [0.2, 0.25) is 0 Å². The standard InChI is InChI=1S/C23H19NO4/c1-14-10-11-15(12-20(14)22(25)26)24-23(27)28-13-21-18-8-4-2-6-16(18)17-7-3-5-9-19(17)21/h2-12,21H,13H2,1H3,(H,24,27)(H,25,26). The largest absolute Gasteiger partial charge is 0.478 e. The molecule has 0 aliphatic heterocycles. The fourth-order valence-corrected chi connectivity index (χ4v) is 3.68. The quantitative estimate of drug-likeness (QED) is 0.671. The van der Waals surface area contributed by atoms with Crippen LogP contribution < -0.4 is 5.32 Å². The van der Waals surface area contributed by atoms with Gasteiger partial charge in [0.05, 0.1) is 5.56 Å². The highest BCUT2D eigenvalue weighted by Gasteiger charge is 2.29. The van der Waals surface area contributed by atoms with Crippen LogP contribution in [0, 0.1) is 6.92 Å². The minimum atomic E-state index is -1.03. The topological polar surface area (TPSA) is 75.6 Å². The molecular weight excluding hydrogens is 354 g/mol. The van der Waals surface area contributed by atoms with Crippen molar-refractivity contribution >= 4 is 17.7 Å². The summed E-state index contributed by atoms with van der Waals surface area (Å²) in [6, 6.07) is 21.0. The number of hydrogen-bond acceptors (Lipinski definition) is 3. The zero-order chi connectivity index (χ0) is 19.7. The highest BCUT2D eigenvalue weighted by Crippen LogP contribution is 2.44. The molecule has 0 unspecified atom stereocenters. The number of aryl methyl sites for hydroxylation is 1. The molecule has 0 aromatic heterocycles. The van der Waals surface area contributed by atoms with Gasteiger partial charge in [0.25, 0.3) is 0 Å². The number of carboxylic acids is 1. The van der Waals surface area contributed by atoms with Gasteiger partial charge in [-0.15, -0.1) is 0 Å². The molecule has 5 nitrogen and oxygen atoms in total. The third kappa shape index (κ3) is 3.22. The van der Waals surface area contributed by atoms with Crippen LogP contribution >= 0.6 is 0 Å². The van der Waals surface area contributed by atoms with Crippen molar-refractivity contribution in [3.63, 3.8) is 0 Å². The number of rotatable bonds is 4. The van der Waals surface area contributed by atoms with Crippen molar-refractivity contribution in [1.82, 2.24) is 0 Å². The second-order valence-electron chi connectivity index (χ2n) is 6.79. The lowest BCUT2D eigenvalue weighted by Crippen LogP contribution is -2.18. The summed E-state index contributed by atoms with van der Waals surface area (Å²) in [6.45, 7) is 1.91. The van der Waals surface area contributed by atoms with Crippen LogP contribution in [0.2, 0.25) is 0 Å². The Morgan fingerprint density at radius 2 is 1.57 bits per heavy atom. The normalized spacial score (nSPS) is 12.2. The molecule has 5 heteroatoms. The van der Waals surface area contributed by atoms with E-state index >= 15 is 0 Å². The molecule has 0 atom stereocenters. The third-order valence-corrected chi connectivity index (χ3v) is 5.06. The first-order valence-corrected chi connectivity index (χ1v) is 9.00. The summed E-state index contributed by atoms with van der Waals surface area (Å²) in [5, 5.41) is 11.8. The number of ether oxygens (including phenoxy) is 1. The van der Waals surface area contributed by atoms with Gasteiger partial charge in [-0.3, -0.25) is 5.32 Å². The summed E-state index contributed by atoms with van der Waals surface area (Å²) in [5.41, 5.74) is 5.77. The molecular formula is C23H19NO4. The third-order valence-electron chi connectivity index (χ3n) is 5.06. The smallest absolute Gasteiger partial charge is 0.411 e. The number of aromatic carboxylic acids is 1. The van der Waals surface area contributed by atoms with Gasteiger partial charge in [-0.2, -0.15) is 0 Å². The number of hydrogen-bond donors (Lipinski definition) is 2. The lowest BCUT2D eigenvalue weighted by atomic mass is 9.98. The summed E-state index contributed by atoms with van der Waals surface area (Å²) in [5.74, 6) is -1.06. The van der Waals surface area contributed by atoms with Crippen molar-refractivity contribution in [3.05, 3.63) is 89.0 Å². The van der Waals surface area contributed by atoms with Crippen LogP contribution in [-0.4, -0.2) is 23.8 Å². The maximum atomic E-state index is 12.3. The number of carbonyl (C=O) groups is 2. The van der Waals surface area contributed by atoms with Crippen LogP contribution in [-0.2, 0) is 4.74 Å². The molecule has 28 heavy (non-hydrogen) atoms. The highest BCUT2D eigenvalue weighted by atomic mass is 16.5. The number of amides is 1. The number of carbonyl (C=O) groups excluding carboxylic acids is 1. The van der Waals surface area contributed by atoms with Gasteiger partial charge in [-0.25, -0.2) is 9.59 Å². The van der Waals surface area contributed by atoms with E-state index < -0.39 is 12.1 Å². The Bertz CT molecular complexity index is 1030. The minimum absolute atomic E-state index is 0.0225. The molecule has 4 rings (SSSR count). The van der Waals surface area contributed by atoms with Crippen molar-refractivity contribution in [2.24, 2.45) is 0 Å². The molecule has 0 fully saturated rings. The lowest BCUT2D eigenvalue weighted by molar-refractivity contribution is 0.0696. The van der Waals surface area contributed by atoms with E-state index in [1.54, 1.807) is 19.1 Å². The number of fused-ring (bicyclic) bond motifs is 3. The summed E-state index contributed by atoms with van der Waals surface area (Å²) in [4.78, 5) is 23.5. The Balaban J connectivity index is 1.49. The summed E-state index contributed by atoms with van der Waals surface area (Å²) in [6.07, 6.45) is -0.609. The molecule has 0 heterocycles. The molecule has 1 amide bonds. The van der Waals surface area contributed by atoms with E-state index in [-0.39, 0.29) is 18.1 Å². The maximum Gasteiger partial charge on any atom is 0.411 e. The maximum absolute atomic E-state index is 12.3. The molecule has 1 aliphatic rings. The molecule has 140 valence electrons. The van der Waals surface area contributed by atoms with Gasteiger partial charge in [-0.1, -0.05) is 54.6 Å². The SMILES string of the molecule is Cc1ccc(NC(=O)OCC2c3ccccc3-c3ccccc32)cc1C(=O)O. The first kappa shape index (κ1) is 17.8. The minimum Gasteiger partial charge on any atom is -0.478 e. The molecule has 3 aromatic rings. The van der Waals surface area contributed by atoms with Crippen LogP contribution in [0.25, 0.3) is 11.1 Å². The Morgan fingerprint density at radius 1 is 0.964 bits per heavy atom. The number of benzene rings is 3. The zero-order valence-corrected chi connectivity index (χ0v) is 15.3. The molecule has 0 radical (unpaired) electrons. The van der Waals surface area contributed by atoms with Crippen LogP contribution in [0.3, 0.4) is 0 Å². The van der Waals surface area contributed by atoms with Crippen LogP contribution in [0.5, 0.6) is 0 Å². The van der Waals surface area contributed by atoms with Crippen LogP contribution in [0.1, 0.15) is 33.0 Å². The lowest BCUT2D eigenvalue weighted by Gasteiger charge is -2.15. The zero-order valence-electron chi connectivity index (χ0n) is 15.3. The molecule has 2 N–H and O–H groups in total. The van der Waals surface area contributed by atoms with Crippen molar-refractivity contribution in [2.45, 2.75) is 12.8 Å². The van der Waals surface area contributed by atoms with Crippen LogP contribution in [0.15, 0.2) is 66.7 Å². The van der Waals surface area contributed by atoms with Gasteiger partial charge in [0.15, 0.2) is 0 Å². The molecule has 0 saturated heterocycles. The van der Waals surface area contributed by atoms with E-state index in [1.165, 1.54) is 6.07 Å². The summed E-state index contributed by atoms with van der Waals surface area (Å²) >= 11 is 0. The van der Waals surface area contributed by atoms with Crippen LogP contribution in [0.4, 0.5) is 10.5 Å². The monoisotopic (exact) mass is 373 g/mol. The Kier molecular flexibility index (Phi) is 4.57. The van der Waals surface area contributed by atoms with E-state index in [2.05, 4.69) is 29.6 Å². The van der Waals surface area contributed by atoms with E-state index in [0.29, 0.717) is 11.3 Å². The Hall–Kier alpha value is -3.60. The first-order valence-electron chi connectivity index (χ1n) is 9.00. The molecule has 0 saturated carbocycles. The average molecular weight is 373 g/mol. The Morgan fingerprint density at radius 3 is 2.18 bits per heavy atom. The van der Waals surface area contributed by atoms with E-state index in [9.17, 15) is 14.7 Å². The van der Waals surface area contributed by atoms with Gasteiger partial charge in [-0.05, 0) is 46.9 Å². The summed E-state index contributed by atoms with van der Waals surface area (Å²) in [7, 11) is 0.